The number of carbonyl (C=O) groups excluding carboxylic acids is 1. The lowest BCUT2D eigenvalue weighted by Gasteiger charge is -2.14. The summed E-state index contributed by atoms with van der Waals surface area (Å²) in [7, 11) is 4.65. The smallest absolute Gasteiger partial charge is 0.230 e. The van der Waals surface area contributed by atoms with Crippen molar-refractivity contribution in [1.29, 1.82) is 0 Å². The Morgan fingerprint density at radius 3 is 2.54 bits per heavy atom. The van der Waals surface area contributed by atoms with E-state index < -0.39 is 0 Å². The fourth-order valence-corrected chi connectivity index (χ4v) is 2.99. The number of hydrogen-bond donors (Lipinski definition) is 1. The second-order valence-electron chi connectivity index (χ2n) is 5.15. The van der Waals surface area contributed by atoms with E-state index in [0.717, 1.165) is 5.56 Å². The van der Waals surface area contributed by atoms with Crippen LogP contribution in [0, 0.1) is 0 Å². The molecule has 2 rings (SSSR count). The van der Waals surface area contributed by atoms with Crippen molar-refractivity contribution < 1.29 is 19.0 Å². The fourth-order valence-electron chi connectivity index (χ4n) is 2.24. The van der Waals surface area contributed by atoms with Crippen LogP contribution in [0.15, 0.2) is 36.3 Å². The topological polar surface area (TPSA) is 87.5 Å². The standard InChI is InChI=1S/C17H22N4O4S/c1-5-6-21-11-19-20-17(21)26-10-15(22)18-9-12-7-13(23-2)16(25-4)14(8-12)24-3/h5,7-8,11H,1,6,9-10H2,2-4H3,(H,18,22). The van der Waals surface area contributed by atoms with Gasteiger partial charge >= 0.3 is 0 Å². The average Bonchev–Trinajstić information content (AvgIpc) is 3.11. The van der Waals surface area contributed by atoms with Crippen molar-refractivity contribution in [1.82, 2.24) is 20.1 Å². The molecule has 0 aliphatic rings. The molecule has 0 aliphatic heterocycles. The Kier molecular flexibility index (Phi) is 7.34. The first-order valence-electron chi connectivity index (χ1n) is 7.80. The maximum Gasteiger partial charge on any atom is 0.230 e. The van der Waals surface area contributed by atoms with Crippen LogP contribution in [0.25, 0.3) is 0 Å². The van der Waals surface area contributed by atoms with Gasteiger partial charge in [0.15, 0.2) is 16.7 Å². The summed E-state index contributed by atoms with van der Waals surface area (Å²) in [5.41, 5.74) is 0.840. The van der Waals surface area contributed by atoms with E-state index in [9.17, 15) is 4.79 Å². The Morgan fingerprint density at radius 2 is 1.96 bits per heavy atom. The molecule has 1 amide bonds. The fraction of sp³-hybridized carbons (Fsp3) is 0.353. The molecule has 0 saturated heterocycles. The summed E-state index contributed by atoms with van der Waals surface area (Å²) in [6.45, 7) is 4.62. The summed E-state index contributed by atoms with van der Waals surface area (Å²) in [6.07, 6.45) is 3.36. The average molecular weight is 378 g/mol. The van der Waals surface area contributed by atoms with E-state index in [4.69, 9.17) is 14.2 Å². The van der Waals surface area contributed by atoms with Gasteiger partial charge in [-0.15, -0.1) is 16.8 Å². The van der Waals surface area contributed by atoms with E-state index in [0.29, 0.717) is 35.5 Å². The van der Waals surface area contributed by atoms with Gasteiger partial charge in [0.05, 0.1) is 27.1 Å². The molecule has 2 aromatic rings. The van der Waals surface area contributed by atoms with Crippen molar-refractivity contribution in [2.45, 2.75) is 18.2 Å². The molecule has 0 atom stereocenters. The van der Waals surface area contributed by atoms with Crippen molar-refractivity contribution in [3.8, 4) is 17.2 Å². The van der Waals surface area contributed by atoms with Crippen LogP contribution in [-0.4, -0.2) is 47.8 Å². The monoisotopic (exact) mass is 378 g/mol. The molecule has 0 radical (unpaired) electrons. The molecule has 8 nitrogen and oxygen atoms in total. The number of nitrogens with zero attached hydrogens (tertiary/aromatic N) is 3. The van der Waals surface area contributed by atoms with E-state index in [-0.39, 0.29) is 11.7 Å². The van der Waals surface area contributed by atoms with Crippen molar-refractivity contribution in [3.63, 3.8) is 0 Å². The van der Waals surface area contributed by atoms with Crippen LogP contribution >= 0.6 is 11.8 Å². The Hall–Kier alpha value is -2.68. The van der Waals surface area contributed by atoms with Gasteiger partial charge in [-0.3, -0.25) is 4.79 Å². The Bertz CT molecular complexity index is 738. The third-order valence-corrected chi connectivity index (χ3v) is 4.43. The van der Waals surface area contributed by atoms with Gasteiger partial charge in [-0.2, -0.15) is 0 Å². The largest absolute Gasteiger partial charge is 0.493 e. The van der Waals surface area contributed by atoms with E-state index in [1.54, 1.807) is 45.9 Å². The Morgan fingerprint density at radius 1 is 1.27 bits per heavy atom. The number of methoxy groups -OCH3 is 3. The highest BCUT2D eigenvalue weighted by molar-refractivity contribution is 7.99. The minimum absolute atomic E-state index is 0.114. The Balaban J connectivity index is 1.94. The summed E-state index contributed by atoms with van der Waals surface area (Å²) in [5.74, 6) is 1.73. The number of amides is 1. The molecule has 26 heavy (non-hydrogen) atoms. The van der Waals surface area contributed by atoms with E-state index in [1.165, 1.54) is 11.8 Å². The predicted molar refractivity (Wildman–Crippen MR) is 98.9 cm³/mol. The van der Waals surface area contributed by atoms with Crippen LogP contribution < -0.4 is 19.5 Å². The minimum atomic E-state index is -0.114. The van der Waals surface area contributed by atoms with Crippen LogP contribution in [0.2, 0.25) is 0 Å². The summed E-state index contributed by atoms with van der Waals surface area (Å²) in [5, 5.41) is 11.4. The molecule has 0 unspecified atom stereocenters. The molecule has 0 saturated carbocycles. The molecule has 1 heterocycles. The number of benzene rings is 1. The number of aromatic nitrogens is 3. The minimum Gasteiger partial charge on any atom is -0.493 e. The number of rotatable bonds is 10. The van der Waals surface area contributed by atoms with Gasteiger partial charge in [0.2, 0.25) is 11.7 Å². The van der Waals surface area contributed by atoms with E-state index in [2.05, 4.69) is 22.1 Å². The molecule has 1 aromatic carbocycles. The summed E-state index contributed by atoms with van der Waals surface area (Å²) >= 11 is 1.32. The SMILES string of the molecule is C=CCn1cnnc1SCC(=O)NCc1cc(OC)c(OC)c(OC)c1. The second kappa shape index (κ2) is 9.71. The van der Waals surface area contributed by atoms with Gasteiger partial charge in [0.1, 0.15) is 6.33 Å². The predicted octanol–water partition coefficient (Wildman–Crippen LogP) is 1.90. The summed E-state index contributed by atoms with van der Waals surface area (Å²) in [6, 6.07) is 3.60. The van der Waals surface area contributed by atoms with Crippen LogP contribution in [0.4, 0.5) is 0 Å². The van der Waals surface area contributed by atoms with Gasteiger partial charge in [0.25, 0.3) is 0 Å². The van der Waals surface area contributed by atoms with Crippen LogP contribution in [0.5, 0.6) is 17.2 Å². The zero-order chi connectivity index (χ0) is 18.9. The summed E-state index contributed by atoms with van der Waals surface area (Å²) in [4.78, 5) is 12.1. The number of thioether (sulfide) groups is 1. The van der Waals surface area contributed by atoms with Crippen molar-refractivity contribution >= 4 is 17.7 Å². The van der Waals surface area contributed by atoms with Crippen molar-refractivity contribution in [3.05, 3.63) is 36.7 Å². The van der Waals surface area contributed by atoms with Gasteiger partial charge in [-0.25, -0.2) is 0 Å². The molecule has 9 heteroatoms. The number of allylic oxidation sites excluding steroid dienone is 1. The van der Waals surface area contributed by atoms with Gasteiger partial charge in [-0.1, -0.05) is 17.8 Å². The van der Waals surface area contributed by atoms with Crippen LogP contribution in [0.1, 0.15) is 5.56 Å². The quantitative estimate of drug-likeness (QED) is 0.499. The number of nitrogens with one attached hydrogen (secondary N) is 1. The third-order valence-electron chi connectivity index (χ3n) is 3.45. The lowest BCUT2D eigenvalue weighted by atomic mass is 10.2. The molecule has 0 fully saturated rings. The maximum absolute atomic E-state index is 12.1. The highest BCUT2D eigenvalue weighted by Crippen LogP contribution is 2.38. The molecule has 0 aliphatic carbocycles. The lowest BCUT2D eigenvalue weighted by molar-refractivity contribution is -0.118. The van der Waals surface area contributed by atoms with Gasteiger partial charge in [0, 0.05) is 13.1 Å². The molecule has 0 spiro atoms. The first kappa shape index (κ1) is 19.6. The van der Waals surface area contributed by atoms with E-state index >= 15 is 0 Å². The van der Waals surface area contributed by atoms with Crippen LogP contribution in [-0.2, 0) is 17.9 Å². The van der Waals surface area contributed by atoms with Crippen molar-refractivity contribution in [2.24, 2.45) is 0 Å². The number of ether oxygens (including phenoxy) is 3. The number of carbonyl (C=O) groups is 1. The zero-order valence-electron chi connectivity index (χ0n) is 15.0. The second-order valence-corrected chi connectivity index (χ2v) is 6.10. The lowest BCUT2D eigenvalue weighted by Crippen LogP contribution is -2.24. The van der Waals surface area contributed by atoms with Gasteiger partial charge < -0.3 is 24.1 Å². The molecule has 1 aromatic heterocycles. The Labute approximate surface area is 156 Å². The highest BCUT2D eigenvalue weighted by Gasteiger charge is 2.14. The normalized spacial score (nSPS) is 10.3. The molecule has 140 valence electrons. The van der Waals surface area contributed by atoms with Crippen LogP contribution in [0.3, 0.4) is 0 Å². The maximum atomic E-state index is 12.1. The van der Waals surface area contributed by atoms with E-state index in [1.807, 2.05) is 4.57 Å². The molecular formula is C17H22N4O4S. The molecule has 0 bridgehead atoms. The third kappa shape index (κ3) is 4.92. The molecular weight excluding hydrogens is 356 g/mol. The molecule has 1 N–H and O–H groups in total. The van der Waals surface area contributed by atoms with Gasteiger partial charge in [-0.05, 0) is 17.7 Å². The summed E-state index contributed by atoms with van der Waals surface area (Å²) < 4.78 is 17.7. The number of hydrogen-bond acceptors (Lipinski definition) is 7. The highest BCUT2D eigenvalue weighted by atomic mass is 32.2. The first-order valence-corrected chi connectivity index (χ1v) is 8.78. The van der Waals surface area contributed by atoms with Crippen molar-refractivity contribution in [2.75, 3.05) is 27.1 Å². The first-order chi connectivity index (χ1) is 12.6. The zero-order valence-corrected chi connectivity index (χ0v) is 15.8.